The van der Waals surface area contributed by atoms with E-state index in [4.69, 9.17) is 5.11 Å². The molecule has 2 aromatic rings. The number of fused-ring (bicyclic) bond motifs is 1. The lowest BCUT2D eigenvalue weighted by molar-refractivity contribution is -0.137. The molecular weight excluding hydrogens is 320 g/mol. The summed E-state index contributed by atoms with van der Waals surface area (Å²) < 4.78 is 29.7. The highest BCUT2D eigenvalue weighted by Crippen LogP contribution is 2.27. The molecule has 0 aliphatic carbocycles. The summed E-state index contributed by atoms with van der Waals surface area (Å²) in [4.78, 5) is 22.9. The number of hydrogen-bond donors (Lipinski definition) is 2. The molecule has 2 N–H and O–H groups in total. The van der Waals surface area contributed by atoms with Crippen molar-refractivity contribution in [1.29, 1.82) is 0 Å². The Morgan fingerprint density at radius 1 is 1.21 bits per heavy atom. The standard InChI is InChI=1S/C17H17F2NO4/c1-10(6-15(21)22)9-20-16(23)13-7-11-4-2-3-5-12(11)8-14(13)24-17(18)19/h2-5,7-8,10,17H,6,9H2,1H3,(H,20,23)(H,21,22). The molecule has 0 saturated carbocycles. The Labute approximate surface area is 137 Å². The molecule has 0 spiro atoms. The highest BCUT2D eigenvalue weighted by atomic mass is 19.3. The molecule has 2 aromatic carbocycles. The summed E-state index contributed by atoms with van der Waals surface area (Å²) >= 11 is 0. The largest absolute Gasteiger partial charge is 0.481 e. The van der Waals surface area contributed by atoms with Gasteiger partial charge in [0.2, 0.25) is 0 Å². The first kappa shape index (κ1) is 17.7. The van der Waals surface area contributed by atoms with Crippen LogP contribution in [0.2, 0.25) is 0 Å². The Morgan fingerprint density at radius 2 is 1.83 bits per heavy atom. The average Bonchev–Trinajstić information content (AvgIpc) is 2.50. The van der Waals surface area contributed by atoms with Gasteiger partial charge in [-0.15, -0.1) is 0 Å². The lowest BCUT2D eigenvalue weighted by Gasteiger charge is -2.14. The Balaban J connectivity index is 2.24. The molecule has 0 fully saturated rings. The number of carbonyl (C=O) groups excluding carboxylic acids is 1. The Bertz CT molecular complexity index is 748. The van der Waals surface area contributed by atoms with Gasteiger partial charge < -0.3 is 15.2 Å². The van der Waals surface area contributed by atoms with Crippen LogP contribution in [0.3, 0.4) is 0 Å². The number of alkyl halides is 2. The first-order chi connectivity index (χ1) is 11.4. The van der Waals surface area contributed by atoms with Crippen molar-refractivity contribution < 1.29 is 28.2 Å². The number of ether oxygens (including phenoxy) is 1. The number of halogens is 2. The number of carboxylic acid groups (broad SMARTS) is 1. The molecule has 0 aliphatic rings. The fraction of sp³-hybridized carbons (Fsp3) is 0.294. The summed E-state index contributed by atoms with van der Waals surface area (Å²) in [5.74, 6) is -2.06. The van der Waals surface area contributed by atoms with Crippen molar-refractivity contribution in [2.75, 3.05) is 6.54 Å². The zero-order valence-corrected chi connectivity index (χ0v) is 13.0. The zero-order chi connectivity index (χ0) is 17.7. The van der Waals surface area contributed by atoms with E-state index in [1.165, 1.54) is 12.1 Å². The molecule has 1 amide bonds. The van der Waals surface area contributed by atoms with Crippen LogP contribution in [0.4, 0.5) is 8.78 Å². The van der Waals surface area contributed by atoms with Crippen molar-refractivity contribution in [2.45, 2.75) is 20.0 Å². The molecule has 0 bridgehead atoms. The minimum absolute atomic E-state index is 0.0171. The van der Waals surface area contributed by atoms with Crippen LogP contribution in [0.25, 0.3) is 10.8 Å². The lowest BCUT2D eigenvalue weighted by Crippen LogP contribution is -2.29. The van der Waals surface area contributed by atoms with Crippen molar-refractivity contribution in [3.8, 4) is 5.75 Å². The summed E-state index contributed by atoms with van der Waals surface area (Å²) in [6.07, 6.45) is -0.0988. The number of aliphatic carboxylic acids is 1. The summed E-state index contributed by atoms with van der Waals surface area (Å²) in [5.41, 5.74) is -0.0171. The molecule has 7 heteroatoms. The van der Waals surface area contributed by atoms with Gasteiger partial charge in [-0.05, 0) is 28.8 Å². The Morgan fingerprint density at radius 3 is 2.42 bits per heavy atom. The summed E-state index contributed by atoms with van der Waals surface area (Å²) in [6.45, 7) is -1.26. The number of amides is 1. The molecule has 0 radical (unpaired) electrons. The van der Waals surface area contributed by atoms with Crippen LogP contribution >= 0.6 is 0 Å². The van der Waals surface area contributed by atoms with Crippen LogP contribution in [0, 0.1) is 5.92 Å². The monoisotopic (exact) mass is 337 g/mol. The second kappa shape index (κ2) is 7.72. The van der Waals surface area contributed by atoms with Crippen LogP contribution in [0.15, 0.2) is 36.4 Å². The van der Waals surface area contributed by atoms with Crippen LogP contribution in [-0.4, -0.2) is 30.1 Å². The fourth-order valence-corrected chi connectivity index (χ4v) is 2.32. The second-order valence-electron chi connectivity index (χ2n) is 5.49. The zero-order valence-electron chi connectivity index (χ0n) is 13.0. The predicted octanol–water partition coefficient (Wildman–Crippen LogP) is 3.28. The van der Waals surface area contributed by atoms with E-state index in [2.05, 4.69) is 10.1 Å². The van der Waals surface area contributed by atoms with Crippen LogP contribution in [-0.2, 0) is 4.79 Å². The number of hydrogen-bond acceptors (Lipinski definition) is 3. The number of carbonyl (C=O) groups is 2. The predicted molar refractivity (Wildman–Crippen MR) is 84.3 cm³/mol. The van der Waals surface area contributed by atoms with E-state index in [9.17, 15) is 18.4 Å². The molecular formula is C17H17F2NO4. The molecule has 0 heterocycles. The maximum absolute atomic E-state index is 12.6. The quantitative estimate of drug-likeness (QED) is 0.813. The van der Waals surface area contributed by atoms with E-state index >= 15 is 0 Å². The highest BCUT2D eigenvalue weighted by molar-refractivity contribution is 6.01. The van der Waals surface area contributed by atoms with Gasteiger partial charge in [0, 0.05) is 13.0 Å². The number of rotatable bonds is 7. The Hall–Kier alpha value is -2.70. The molecule has 0 saturated heterocycles. The van der Waals surface area contributed by atoms with E-state index < -0.39 is 18.5 Å². The van der Waals surface area contributed by atoms with Gasteiger partial charge in [0.15, 0.2) is 0 Å². The van der Waals surface area contributed by atoms with Crippen molar-refractivity contribution in [3.05, 3.63) is 42.0 Å². The second-order valence-corrected chi connectivity index (χ2v) is 5.49. The molecule has 128 valence electrons. The Kier molecular flexibility index (Phi) is 5.68. The van der Waals surface area contributed by atoms with Gasteiger partial charge in [0.05, 0.1) is 5.56 Å². The molecule has 1 unspecified atom stereocenters. The van der Waals surface area contributed by atoms with Gasteiger partial charge in [-0.1, -0.05) is 31.2 Å². The number of nitrogens with one attached hydrogen (secondary N) is 1. The van der Waals surface area contributed by atoms with Gasteiger partial charge in [0.25, 0.3) is 5.91 Å². The van der Waals surface area contributed by atoms with E-state index in [0.29, 0.717) is 10.8 Å². The maximum atomic E-state index is 12.6. The van der Waals surface area contributed by atoms with Crippen LogP contribution in [0.5, 0.6) is 5.75 Å². The summed E-state index contributed by atoms with van der Waals surface area (Å²) in [6, 6.07) is 9.87. The first-order valence-electron chi connectivity index (χ1n) is 7.34. The van der Waals surface area contributed by atoms with Crippen molar-refractivity contribution in [2.24, 2.45) is 5.92 Å². The molecule has 0 aromatic heterocycles. The van der Waals surface area contributed by atoms with E-state index in [1.807, 2.05) is 0 Å². The van der Waals surface area contributed by atoms with E-state index in [-0.39, 0.29) is 30.2 Å². The van der Waals surface area contributed by atoms with E-state index in [0.717, 1.165) is 0 Å². The van der Waals surface area contributed by atoms with Gasteiger partial charge in [-0.3, -0.25) is 9.59 Å². The highest BCUT2D eigenvalue weighted by Gasteiger charge is 2.18. The average molecular weight is 337 g/mol. The third kappa shape index (κ3) is 4.65. The van der Waals surface area contributed by atoms with Crippen molar-refractivity contribution >= 4 is 22.6 Å². The van der Waals surface area contributed by atoms with Crippen LogP contribution < -0.4 is 10.1 Å². The molecule has 2 rings (SSSR count). The molecule has 1 atom stereocenters. The summed E-state index contributed by atoms with van der Waals surface area (Å²) in [5, 5.41) is 12.6. The van der Waals surface area contributed by atoms with E-state index in [1.54, 1.807) is 31.2 Å². The number of benzene rings is 2. The first-order valence-corrected chi connectivity index (χ1v) is 7.34. The van der Waals surface area contributed by atoms with Crippen LogP contribution in [0.1, 0.15) is 23.7 Å². The number of carboxylic acids is 1. The normalized spacial score (nSPS) is 12.2. The van der Waals surface area contributed by atoms with Gasteiger partial charge >= 0.3 is 12.6 Å². The smallest absolute Gasteiger partial charge is 0.387 e. The summed E-state index contributed by atoms with van der Waals surface area (Å²) in [7, 11) is 0. The lowest BCUT2D eigenvalue weighted by atomic mass is 10.0. The van der Waals surface area contributed by atoms with Gasteiger partial charge in [-0.2, -0.15) is 8.78 Å². The third-order valence-electron chi connectivity index (χ3n) is 3.44. The molecule has 0 aliphatic heterocycles. The maximum Gasteiger partial charge on any atom is 0.387 e. The van der Waals surface area contributed by atoms with Gasteiger partial charge in [0.1, 0.15) is 5.75 Å². The minimum Gasteiger partial charge on any atom is -0.481 e. The molecule has 5 nitrogen and oxygen atoms in total. The molecule has 24 heavy (non-hydrogen) atoms. The van der Waals surface area contributed by atoms with Crippen molar-refractivity contribution in [3.63, 3.8) is 0 Å². The van der Waals surface area contributed by atoms with Gasteiger partial charge in [-0.25, -0.2) is 0 Å². The fourth-order valence-electron chi connectivity index (χ4n) is 2.32. The third-order valence-corrected chi connectivity index (χ3v) is 3.44. The SMILES string of the molecule is CC(CNC(=O)c1cc2ccccc2cc1OC(F)F)CC(=O)O. The topological polar surface area (TPSA) is 75.6 Å². The van der Waals surface area contributed by atoms with Crippen molar-refractivity contribution in [1.82, 2.24) is 5.32 Å². The minimum atomic E-state index is -3.05.